The number of hydrogen-bond acceptors (Lipinski definition) is 3. The van der Waals surface area contributed by atoms with E-state index in [4.69, 9.17) is 9.84 Å². The van der Waals surface area contributed by atoms with E-state index >= 15 is 0 Å². The third-order valence-corrected chi connectivity index (χ3v) is 4.77. The molecule has 26 heavy (non-hydrogen) atoms. The van der Waals surface area contributed by atoms with Crippen molar-refractivity contribution in [1.29, 1.82) is 0 Å². The van der Waals surface area contributed by atoms with Gasteiger partial charge in [-0.1, -0.05) is 6.42 Å². The molecule has 0 saturated heterocycles. The molecule has 0 aliphatic carbocycles. The Kier molecular flexibility index (Phi) is 5.56. The van der Waals surface area contributed by atoms with Gasteiger partial charge in [0.1, 0.15) is 5.75 Å². The fourth-order valence-corrected chi connectivity index (χ4v) is 3.51. The predicted octanol–water partition coefficient (Wildman–Crippen LogP) is 4.73. The van der Waals surface area contributed by atoms with Crippen LogP contribution in [0.5, 0.6) is 5.75 Å². The van der Waals surface area contributed by atoms with E-state index < -0.39 is 5.97 Å². The SMILES string of the molecule is COc1ccc2[nH]c(-c3cccnc3)c(C)c2c1CCCCCC(=O)O. The lowest BCUT2D eigenvalue weighted by Gasteiger charge is -2.11. The number of H-pyrrole nitrogens is 1. The lowest BCUT2D eigenvalue weighted by atomic mass is 9.98. The van der Waals surface area contributed by atoms with E-state index in [1.165, 1.54) is 16.5 Å². The molecule has 0 amide bonds. The zero-order valence-corrected chi connectivity index (χ0v) is 15.2. The van der Waals surface area contributed by atoms with Crippen LogP contribution in [-0.2, 0) is 11.2 Å². The molecule has 5 heteroatoms. The Labute approximate surface area is 153 Å². The van der Waals surface area contributed by atoms with Gasteiger partial charge in [-0.05, 0) is 56.0 Å². The number of aliphatic carboxylic acids is 1. The summed E-state index contributed by atoms with van der Waals surface area (Å²) in [5.74, 6) is 0.155. The minimum absolute atomic E-state index is 0.232. The second kappa shape index (κ2) is 8.04. The van der Waals surface area contributed by atoms with Crippen LogP contribution in [-0.4, -0.2) is 28.2 Å². The molecule has 0 aliphatic heterocycles. The summed E-state index contributed by atoms with van der Waals surface area (Å²) in [6, 6.07) is 8.03. The summed E-state index contributed by atoms with van der Waals surface area (Å²) in [5, 5.41) is 9.97. The fraction of sp³-hybridized carbons (Fsp3) is 0.333. The van der Waals surface area contributed by atoms with Gasteiger partial charge in [-0.2, -0.15) is 0 Å². The number of hydrogen-bond donors (Lipinski definition) is 2. The third kappa shape index (κ3) is 3.72. The van der Waals surface area contributed by atoms with Crippen molar-refractivity contribution < 1.29 is 14.6 Å². The van der Waals surface area contributed by atoms with Gasteiger partial charge in [0.15, 0.2) is 0 Å². The van der Waals surface area contributed by atoms with Crippen LogP contribution in [0, 0.1) is 6.92 Å². The number of carbonyl (C=O) groups is 1. The first-order chi connectivity index (χ1) is 12.6. The monoisotopic (exact) mass is 352 g/mol. The molecule has 3 rings (SSSR count). The molecule has 0 atom stereocenters. The van der Waals surface area contributed by atoms with E-state index in [-0.39, 0.29) is 6.42 Å². The summed E-state index contributed by atoms with van der Waals surface area (Å²) in [6.07, 6.45) is 7.27. The van der Waals surface area contributed by atoms with Crippen LogP contribution in [0.25, 0.3) is 22.2 Å². The Morgan fingerprint density at radius 2 is 2.08 bits per heavy atom. The minimum atomic E-state index is -0.729. The summed E-state index contributed by atoms with van der Waals surface area (Å²) >= 11 is 0. The summed E-state index contributed by atoms with van der Waals surface area (Å²) in [6.45, 7) is 2.12. The maximum Gasteiger partial charge on any atom is 0.303 e. The molecule has 1 aromatic carbocycles. The highest BCUT2D eigenvalue weighted by Crippen LogP contribution is 2.36. The number of unbranched alkanes of at least 4 members (excludes halogenated alkanes) is 2. The van der Waals surface area contributed by atoms with Gasteiger partial charge < -0.3 is 14.8 Å². The number of methoxy groups -OCH3 is 1. The van der Waals surface area contributed by atoms with E-state index in [1.807, 2.05) is 24.4 Å². The van der Waals surface area contributed by atoms with E-state index in [1.54, 1.807) is 13.3 Å². The van der Waals surface area contributed by atoms with Crippen LogP contribution >= 0.6 is 0 Å². The molecule has 5 nitrogen and oxygen atoms in total. The number of aromatic nitrogens is 2. The Morgan fingerprint density at radius 3 is 2.77 bits per heavy atom. The van der Waals surface area contributed by atoms with Gasteiger partial charge in [-0.25, -0.2) is 0 Å². The first-order valence-corrected chi connectivity index (χ1v) is 8.92. The van der Waals surface area contributed by atoms with Crippen molar-refractivity contribution in [1.82, 2.24) is 9.97 Å². The van der Waals surface area contributed by atoms with Gasteiger partial charge in [0.05, 0.1) is 12.8 Å². The molecule has 3 aromatic rings. The molecule has 136 valence electrons. The second-order valence-electron chi connectivity index (χ2n) is 6.49. The molecule has 0 aliphatic rings. The molecule has 0 saturated carbocycles. The average molecular weight is 352 g/mol. The van der Waals surface area contributed by atoms with Crippen LogP contribution in [0.3, 0.4) is 0 Å². The summed E-state index contributed by atoms with van der Waals surface area (Å²) < 4.78 is 5.60. The number of aryl methyl sites for hydroxylation is 2. The van der Waals surface area contributed by atoms with Crippen molar-refractivity contribution in [2.45, 2.75) is 39.0 Å². The predicted molar refractivity (Wildman–Crippen MR) is 103 cm³/mol. The number of pyridine rings is 1. The van der Waals surface area contributed by atoms with Crippen molar-refractivity contribution in [3.05, 3.63) is 47.8 Å². The first kappa shape index (κ1) is 18.0. The highest BCUT2D eigenvalue weighted by Gasteiger charge is 2.16. The number of nitrogens with zero attached hydrogens (tertiary/aromatic N) is 1. The van der Waals surface area contributed by atoms with E-state index in [2.05, 4.69) is 23.0 Å². The van der Waals surface area contributed by atoms with Crippen LogP contribution < -0.4 is 4.74 Å². The van der Waals surface area contributed by atoms with Gasteiger partial charge in [-0.15, -0.1) is 0 Å². The van der Waals surface area contributed by atoms with Crippen LogP contribution in [0.2, 0.25) is 0 Å². The minimum Gasteiger partial charge on any atom is -0.496 e. The summed E-state index contributed by atoms with van der Waals surface area (Å²) in [5.41, 5.74) is 5.60. The highest BCUT2D eigenvalue weighted by molar-refractivity contribution is 5.94. The van der Waals surface area contributed by atoms with Crippen LogP contribution in [0.4, 0.5) is 0 Å². The zero-order valence-electron chi connectivity index (χ0n) is 15.2. The van der Waals surface area contributed by atoms with Crippen molar-refractivity contribution in [2.24, 2.45) is 0 Å². The van der Waals surface area contributed by atoms with Crippen molar-refractivity contribution in [2.75, 3.05) is 7.11 Å². The lowest BCUT2D eigenvalue weighted by Crippen LogP contribution is -1.96. The normalized spacial score (nSPS) is 11.0. The molecule has 2 aromatic heterocycles. The molecule has 0 bridgehead atoms. The molecular weight excluding hydrogens is 328 g/mol. The van der Waals surface area contributed by atoms with Gasteiger partial charge in [0, 0.05) is 40.8 Å². The van der Waals surface area contributed by atoms with E-state index in [0.29, 0.717) is 6.42 Å². The first-order valence-electron chi connectivity index (χ1n) is 8.92. The number of ether oxygens (including phenoxy) is 1. The summed E-state index contributed by atoms with van der Waals surface area (Å²) in [4.78, 5) is 18.4. The largest absolute Gasteiger partial charge is 0.496 e. The lowest BCUT2D eigenvalue weighted by molar-refractivity contribution is -0.137. The standard InChI is InChI=1S/C21H24N2O3/c1-14-20-16(8-4-3-5-9-19(24)25)18(26-2)11-10-17(20)23-21(14)15-7-6-12-22-13-15/h6-7,10-13,23H,3-5,8-9H2,1-2H3,(H,24,25). The molecule has 0 unspecified atom stereocenters. The van der Waals surface area contributed by atoms with E-state index in [9.17, 15) is 4.79 Å². The Hall–Kier alpha value is -2.82. The smallest absolute Gasteiger partial charge is 0.303 e. The van der Waals surface area contributed by atoms with E-state index in [0.717, 1.165) is 41.8 Å². The van der Waals surface area contributed by atoms with Gasteiger partial charge in [0.25, 0.3) is 0 Å². The number of rotatable bonds is 8. The number of benzene rings is 1. The van der Waals surface area contributed by atoms with Gasteiger partial charge >= 0.3 is 5.97 Å². The Morgan fingerprint density at radius 1 is 1.23 bits per heavy atom. The summed E-state index contributed by atoms with van der Waals surface area (Å²) in [7, 11) is 1.69. The van der Waals surface area contributed by atoms with Gasteiger partial charge in [0.2, 0.25) is 0 Å². The zero-order chi connectivity index (χ0) is 18.5. The number of aromatic amines is 1. The number of carboxylic acid groups (broad SMARTS) is 1. The van der Waals surface area contributed by atoms with Crippen molar-refractivity contribution in [3.63, 3.8) is 0 Å². The molecule has 0 fully saturated rings. The molecule has 0 radical (unpaired) electrons. The van der Waals surface area contributed by atoms with Crippen LogP contribution in [0.1, 0.15) is 36.8 Å². The maximum atomic E-state index is 10.7. The quantitative estimate of drug-likeness (QED) is 0.575. The Balaban J connectivity index is 1.93. The maximum absolute atomic E-state index is 10.7. The van der Waals surface area contributed by atoms with Crippen molar-refractivity contribution >= 4 is 16.9 Å². The number of nitrogens with one attached hydrogen (secondary N) is 1. The topological polar surface area (TPSA) is 75.2 Å². The van der Waals surface area contributed by atoms with Gasteiger partial charge in [-0.3, -0.25) is 9.78 Å². The molecule has 0 spiro atoms. The molecule has 2 N–H and O–H groups in total. The number of carboxylic acids is 1. The third-order valence-electron chi connectivity index (χ3n) is 4.77. The van der Waals surface area contributed by atoms with Crippen molar-refractivity contribution in [3.8, 4) is 17.0 Å². The number of fused-ring (bicyclic) bond motifs is 1. The molecular formula is C21H24N2O3. The molecule has 2 heterocycles. The van der Waals surface area contributed by atoms with Crippen LogP contribution in [0.15, 0.2) is 36.7 Å². The second-order valence-corrected chi connectivity index (χ2v) is 6.49. The Bertz CT molecular complexity index is 901. The fourth-order valence-electron chi connectivity index (χ4n) is 3.51. The highest BCUT2D eigenvalue weighted by atomic mass is 16.5. The average Bonchev–Trinajstić information content (AvgIpc) is 2.99.